The van der Waals surface area contributed by atoms with Crippen LogP contribution in [0.1, 0.15) is 24.8 Å². The molecule has 1 aromatic rings. The molecule has 100 valence electrons. The van der Waals surface area contributed by atoms with Crippen molar-refractivity contribution in [1.29, 1.82) is 0 Å². The van der Waals surface area contributed by atoms with E-state index in [0.717, 1.165) is 25.5 Å². The van der Waals surface area contributed by atoms with Crippen molar-refractivity contribution >= 4 is 17.8 Å². The van der Waals surface area contributed by atoms with Gasteiger partial charge in [-0.25, -0.2) is 0 Å². The first-order chi connectivity index (χ1) is 8.54. The maximum atomic E-state index is 10.6. The van der Waals surface area contributed by atoms with Gasteiger partial charge in [0.05, 0.1) is 14.4 Å². The molecule has 1 saturated heterocycles. The van der Waals surface area contributed by atoms with Gasteiger partial charge in [0.15, 0.2) is 0 Å². The smallest absolute Gasteiger partial charge is 0.209 e. The summed E-state index contributed by atoms with van der Waals surface area (Å²) in [6.07, 6.45) is 3.46. The van der Waals surface area contributed by atoms with Crippen molar-refractivity contribution in [2.75, 3.05) is 6.61 Å². The van der Waals surface area contributed by atoms with Crippen molar-refractivity contribution in [1.82, 2.24) is 0 Å². The molecule has 0 bridgehead atoms. The summed E-state index contributed by atoms with van der Waals surface area (Å²) in [7, 11) is -2.68. The van der Waals surface area contributed by atoms with E-state index in [1.807, 2.05) is 0 Å². The molecule has 1 aliphatic rings. The lowest BCUT2D eigenvalue weighted by Gasteiger charge is -2.44. The molecule has 0 amide bonds. The summed E-state index contributed by atoms with van der Waals surface area (Å²) < 4.78 is 6.13. The quantitative estimate of drug-likeness (QED) is 0.855. The van der Waals surface area contributed by atoms with Crippen molar-refractivity contribution < 1.29 is 9.53 Å². The first-order valence-corrected chi connectivity index (χ1v) is 11.6. The van der Waals surface area contributed by atoms with E-state index in [9.17, 15) is 4.80 Å². The van der Waals surface area contributed by atoms with E-state index in [4.69, 9.17) is 4.74 Å². The summed E-state index contributed by atoms with van der Waals surface area (Å²) in [4.78, 5) is 10.5. The Hall–Kier alpha value is -0.426. The molecule has 0 aromatic heterocycles. The van der Waals surface area contributed by atoms with Gasteiger partial charge in [0.1, 0.15) is 0 Å². The molecule has 1 aromatic carbocycles. The molecular formula is C14H24O2Si2. The normalized spacial score (nSPS) is 25.7. The summed E-state index contributed by atoms with van der Waals surface area (Å²) in [5.74, 6) is 0. The molecule has 4 heteroatoms. The Balaban J connectivity index is 2.06. The second-order valence-electron chi connectivity index (χ2n) is 5.84. The van der Waals surface area contributed by atoms with Gasteiger partial charge in [-0.2, -0.15) is 0 Å². The monoisotopic (exact) mass is 280 g/mol. The summed E-state index contributed by atoms with van der Waals surface area (Å²) in [5.41, 5.74) is 1.40. The Morgan fingerprint density at radius 3 is 2.56 bits per heavy atom. The molecule has 1 fully saturated rings. The molecule has 1 unspecified atom stereocenters. The van der Waals surface area contributed by atoms with E-state index < -0.39 is 17.8 Å². The van der Waals surface area contributed by atoms with Crippen LogP contribution in [-0.2, 0) is 10.8 Å². The van der Waals surface area contributed by atoms with Crippen LogP contribution in [0.4, 0.5) is 0 Å². The van der Waals surface area contributed by atoms with E-state index in [-0.39, 0.29) is 4.85 Å². The molecule has 1 atom stereocenters. The van der Waals surface area contributed by atoms with Gasteiger partial charge in [-0.1, -0.05) is 35.9 Å². The fraction of sp³-hybridized carbons (Fsp3) is 0.571. The Morgan fingerprint density at radius 2 is 2.00 bits per heavy atom. The zero-order valence-electron chi connectivity index (χ0n) is 11.5. The summed E-state index contributed by atoms with van der Waals surface area (Å²) in [5, 5.41) is 0. The van der Waals surface area contributed by atoms with Crippen LogP contribution in [0.3, 0.4) is 0 Å². The predicted octanol–water partition coefficient (Wildman–Crippen LogP) is 1.99. The molecule has 2 rings (SSSR count). The molecular weight excluding hydrogens is 256 g/mol. The molecule has 1 N–H and O–H groups in total. The van der Waals surface area contributed by atoms with Crippen LogP contribution < -0.4 is 0 Å². The highest BCUT2D eigenvalue weighted by molar-refractivity contribution is 6.82. The van der Waals surface area contributed by atoms with Gasteiger partial charge < -0.3 is 9.53 Å². The standard InChI is InChI=1S/C14H24O2Si2/c1-18(2,15)14(10-6-7-11-16-14)17-12-13-8-4-3-5-9-13/h3-5,8-9,15H,6-7,10-12,17H2,1-2H3. The number of ether oxygens (including phenoxy) is 1. The molecule has 0 saturated carbocycles. The first-order valence-electron chi connectivity index (χ1n) is 6.94. The van der Waals surface area contributed by atoms with E-state index in [0.29, 0.717) is 0 Å². The van der Waals surface area contributed by atoms with Crippen molar-refractivity contribution in [2.24, 2.45) is 0 Å². The summed E-state index contributed by atoms with van der Waals surface area (Å²) in [6, 6.07) is 11.8. The van der Waals surface area contributed by atoms with Gasteiger partial charge in [-0.05, 0) is 38.4 Å². The van der Waals surface area contributed by atoms with Gasteiger partial charge in [0.25, 0.3) is 0 Å². The minimum absolute atomic E-state index is 0.0961. The zero-order valence-corrected chi connectivity index (χ0v) is 13.9. The fourth-order valence-electron chi connectivity index (χ4n) is 2.83. The highest BCUT2D eigenvalue weighted by atomic mass is 28.4. The molecule has 1 heterocycles. The van der Waals surface area contributed by atoms with E-state index in [2.05, 4.69) is 43.4 Å². The lowest BCUT2D eigenvalue weighted by Crippen LogP contribution is -2.62. The third-order valence-corrected chi connectivity index (χ3v) is 12.3. The fourth-order valence-corrected chi connectivity index (χ4v) is 8.71. The molecule has 2 nitrogen and oxygen atoms in total. The van der Waals surface area contributed by atoms with Gasteiger partial charge in [-0.15, -0.1) is 0 Å². The SMILES string of the molecule is C[Si](C)(O)C1([SiH2]Cc2ccccc2)CCCCO1. The van der Waals surface area contributed by atoms with Crippen molar-refractivity contribution in [3.63, 3.8) is 0 Å². The van der Waals surface area contributed by atoms with Crippen LogP contribution in [0.25, 0.3) is 0 Å². The largest absolute Gasteiger partial charge is 0.430 e. The molecule has 1 aliphatic heterocycles. The first kappa shape index (κ1) is 14.0. The van der Waals surface area contributed by atoms with Crippen LogP contribution >= 0.6 is 0 Å². The second kappa shape index (κ2) is 5.69. The predicted molar refractivity (Wildman–Crippen MR) is 80.9 cm³/mol. The molecule has 0 radical (unpaired) electrons. The van der Waals surface area contributed by atoms with Crippen molar-refractivity contribution in [3.05, 3.63) is 35.9 Å². The Kier molecular flexibility index (Phi) is 4.43. The van der Waals surface area contributed by atoms with E-state index >= 15 is 0 Å². The van der Waals surface area contributed by atoms with Crippen LogP contribution in [0.2, 0.25) is 13.1 Å². The molecule has 18 heavy (non-hydrogen) atoms. The second-order valence-corrected chi connectivity index (χ2v) is 12.7. The number of hydrogen-bond acceptors (Lipinski definition) is 2. The molecule has 0 aliphatic carbocycles. The van der Waals surface area contributed by atoms with Crippen LogP contribution in [0.5, 0.6) is 0 Å². The highest BCUT2D eigenvalue weighted by Gasteiger charge is 2.47. The zero-order chi connectivity index (χ0) is 13.1. The number of hydrogen-bond donors (Lipinski definition) is 1. The van der Waals surface area contributed by atoms with Crippen LogP contribution in [0, 0.1) is 0 Å². The van der Waals surface area contributed by atoms with Crippen LogP contribution in [-0.4, -0.2) is 34.1 Å². The van der Waals surface area contributed by atoms with Gasteiger partial charge in [0.2, 0.25) is 8.32 Å². The average Bonchev–Trinajstić information content (AvgIpc) is 2.37. The maximum Gasteiger partial charge on any atom is 0.209 e. The van der Waals surface area contributed by atoms with Crippen molar-refractivity contribution in [3.8, 4) is 0 Å². The van der Waals surface area contributed by atoms with E-state index in [1.54, 1.807) is 0 Å². The van der Waals surface area contributed by atoms with Gasteiger partial charge >= 0.3 is 0 Å². The van der Waals surface area contributed by atoms with Crippen molar-refractivity contribution in [2.45, 2.75) is 43.2 Å². The number of rotatable bonds is 4. The Morgan fingerprint density at radius 1 is 1.28 bits per heavy atom. The van der Waals surface area contributed by atoms with Gasteiger partial charge in [0, 0.05) is 6.61 Å². The van der Waals surface area contributed by atoms with E-state index in [1.165, 1.54) is 12.0 Å². The average molecular weight is 281 g/mol. The van der Waals surface area contributed by atoms with Gasteiger partial charge in [-0.3, -0.25) is 0 Å². The minimum atomic E-state index is -2.22. The minimum Gasteiger partial charge on any atom is -0.430 e. The van der Waals surface area contributed by atoms with Crippen LogP contribution in [0.15, 0.2) is 30.3 Å². The topological polar surface area (TPSA) is 29.5 Å². The maximum absolute atomic E-state index is 10.6. The Bertz CT molecular complexity index is 367. The molecule has 0 spiro atoms. The lowest BCUT2D eigenvalue weighted by molar-refractivity contribution is 0.0185. The Labute approximate surface area is 113 Å². The highest BCUT2D eigenvalue weighted by Crippen LogP contribution is 2.32. The third kappa shape index (κ3) is 3.12. The number of benzene rings is 1. The lowest BCUT2D eigenvalue weighted by atomic mass is 10.2. The summed E-state index contributed by atoms with van der Waals surface area (Å²) >= 11 is 0. The third-order valence-electron chi connectivity index (χ3n) is 4.13. The summed E-state index contributed by atoms with van der Waals surface area (Å²) in [6.45, 7) is 4.95.